The van der Waals surface area contributed by atoms with E-state index in [0.29, 0.717) is 34.0 Å². The summed E-state index contributed by atoms with van der Waals surface area (Å²) in [7, 11) is 0. The highest BCUT2D eigenvalue weighted by atomic mass is 19.1. The SMILES string of the molecule is Cc1nc(-c2ncccc2-c2ccn3ncc(C(=O)NC4CC4)c3n2)ccc1F. The Morgan fingerprint density at radius 3 is 2.83 bits per heavy atom. The predicted octanol–water partition coefficient (Wildman–Crippen LogP) is 3.19. The van der Waals surface area contributed by atoms with Crippen LogP contribution < -0.4 is 5.32 Å². The number of hydrogen-bond acceptors (Lipinski definition) is 5. The van der Waals surface area contributed by atoms with Gasteiger partial charge in [0.05, 0.1) is 29.0 Å². The Hall–Kier alpha value is -3.68. The molecule has 0 radical (unpaired) electrons. The summed E-state index contributed by atoms with van der Waals surface area (Å²) >= 11 is 0. The van der Waals surface area contributed by atoms with Crippen molar-refractivity contribution in [2.75, 3.05) is 0 Å². The number of amides is 1. The molecule has 1 aliphatic rings. The highest BCUT2D eigenvalue weighted by Crippen LogP contribution is 2.29. The Bertz CT molecular complexity index is 1250. The van der Waals surface area contributed by atoms with E-state index in [4.69, 9.17) is 0 Å². The Labute approximate surface area is 165 Å². The summed E-state index contributed by atoms with van der Waals surface area (Å²) in [6, 6.07) is 8.71. The van der Waals surface area contributed by atoms with Gasteiger partial charge in [-0.1, -0.05) is 0 Å². The fourth-order valence-corrected chi connectivity index (χ4v) is 3.16. The van der Waals surface area contributed by atoms with Gasteiger partial charge in [-0.05, 0) is 50.1 Å². The van der Waals surface area contributed by atoms with Crippen LogP contribution in [0, 0.1) is 12.7 Å². The molecule has 1 aliphatic carbocycles. The van der Waals surface area contributed by atoms with E-state index >= 15 is 0 Å². The maximum atomic E-state index is 13.6. The zero-order valence-electron chi connectivity index (χ0n) is 15.6. The van der Waals surface area contributed by atoms with Crippen molar-refractivity contribution in [2.24, 2.45) is 0 Å². The van der Waals surface area contributed by atoms with Gasteiger partial charge in [-0.2, -0.15) is 5.10 Å². The molecule has 0 bridgehead atoms. The lowest BCUT2D eigenvalue weighted by atomic mass is 10.1. The summed E-state index contributed by atoms with van der Waals surface area (Å²) in [6.45, 7) is 1.61. The summed E-state index contributed by atoms with van der Waals surface area (Å²) in [6.07, 6.45) is 6.95. The molecule has 0 aliphatic heterocycles. The molecule has 0 spiro atoms. The molecule has 0 saturated heterocycles. The van der Waals surface area contributed by atoms with Crippen LogP contribution in [-0.2, 0) is 0 Å². The fourth-order valence-electron chi connectivity index (χ4n) is 3.16. The first-order valence-electron chi connectivity index (χ1n) is 9.34. The summed E-state index contributed by atoms with van der Waals surface area (Å²) in [5.41, 5.74) is 3.72. The van der Waals surface area contributed by atoms with Gasteiger partial charge >= 0.3 is 0 Å². The van der Waals surface area contributed by atoms with E-state index in [1.807, 2.05) is 6.07 Å². The van der Waals surface area contributed by atoms with Gasteiger partial charge in [-0.15, -0.1) is 0 Å². The monoisotopic (exact) mass is 388 g/mol. The van der Waals surface area contributed by atoms with Crippen LogP contribution in [0.1, 0.15) is 28.9 Å². The number of fused-ring (bicyclic) bond motifs is 1. The lowest BCUT2D eigenvalue weighted by molar-refractivity contribution is 0.0952. The number of rotatable bonds is 4. The van der Waals surface area contributed by atoms with Crippen LogP contribution in [0.3, 0.4) is 0 Å². The standard InChI is InChI=1S/C21H17FN6O/c1-12-16(22)6-7-18(25-12)19-14(3-2-9-23-19)17-8-10-28-20(27-17)15(11-24-28)21(29)26-13-4-5-13/h2-3,6-11,13H,4-5H2,1H3,(H,26,29). The Morgan fingerprint density at radius 2 is 2.03 bits per heavy atom. The summed E-state index contributed by atoms with van der Waals surface area (Å²) in [4.78, 5) is 26.0. The molecule has 0 atom stereocenters. The molecular formula is C21H17FN6O. The quantitative estimate of drug-likeness (QED) is 0.580. The zero-order chi connectivity index (χ0) is 20.0. The highest BCUT2D eigenvalue weighted by molar-refractivity contribution is 6.00. The molecule has 4 heterocycles. The van der Waals surface area contributed by atoms with Crippen molar-refractivity contribution < 1.29 is 9.18 Å². The first-order valence-corrected chi connectivity index (χ1v) is 9.34. The van der Waals surface area contributed by atoms with Crippen molar-refractivity contribution in [3.05, 3.63) is 66.0 Å². The van der Waals surface area contributed by atoms with Gasteiger partial charge in [0.25, 0.3) is 5.91 Å². The van der Waals surface area contributed by atoms with Gasteiger partial charge in [0.2, 0.25) is 0 Å². The second-order valence-electron chi connectivity index (χ2n) is 7.05. The molecule has 144 valence electrons. The van der Waals surface area contributed by atoms with Gasteiger partial charge in [-0.3, -0.25) is 9.78 Å². The largest absolute Gasteiger partial charge is 0.349 e. The average molecular weight is 388 g/mol. The maximum Gasteiger partial charge on any atom is 0.256 e. The van der Waals surface area contributed by atoms with Crippen LogP contribution >= 0.6 is 0 Å². The van der Waals surface area contributed by atoms with Gasteiger partial charge in [0.15, 0.2) is 5.65 Å². The number of carbonyl (C=O) groups excluding carboxylic acids is 1. The first kappa shape index (κ1) is 17.4. The van der Waals surface area contributed by atoms with Crippen LogP contribution in [0.5, 0.6) is 0 Å². The summed E-state index contributed by atoms with van der Waals surface area (Å²) in [5, 5.41) is 7.19. The molecule has 8 heteroatoms. The normalized spacial score (nSPS) is 13.6. The molecule has 4 aromatic heterocycles. The third-order valence-corrected chi connectivity index (χ3v) is 4.87. The molecule has 1 amide bonds. The van der Waals surface area contributed by atoms with Gasteiger partial charge in [-0.25, -0.2) is 18.9 Å². The average Bonchev–Trinajstić information content (AvgIpc) is 3.45. The van der Waals surface area contributed by atoms with Crippen molar-refractivity contribution in [3.63, 3.8) is 0 Å². The molecule has 1 saturated carbocycles. The number of pyridine rings is 2. The Morgan fingerprint density at radius 1 is 1.17 bits per heavy atom. The van der Waals surface area contributed by atoms with Crippen LogP contribution in [0.2, 0.25) is 0 Å². The topological polar surface area (TPSA) is 85.1 Å². The molecule has 4 aromatic rings. The van der Waals surface area contributed by atoms with E-state index in [-0.39, 0.29) is 17.8 Å². The van der Waals surface area contributed by atoms with E-state index in [0.717, 1.165) is 18.4 Å². The van der Waals surface area contributed by atoms with Crippen molar-refractivity contribution in [2.45, 2.75) is 25.8 Å². The number of nitrogens with zero attached hydrogens (tertiary/aromatic N) is 5. The minimum absolute atomic E-state index is 0.172. The van der Waals surface area contributed by atoms with Crippen molar-refractivity contribution >= 4 is 11.6 Å². The zero-order valence-corrected chi connectivity index (χ0v) is 15.6. The molecule has 5 rings (SSSR count). The van der Waals surface area contributed by atoms with Crippen molar-refractivity contribution in [3.8, 4) is 22.6 Å². The number of nitrogens with one attached hydrogen (secondary N) is 1. The van der Waals surface area contributed by atoms with Crippen molar-refractivity contribution in [1.82, 2.24) is 29.9 Å². The number of carbonyl (C=O) groups is 1. The molecular weight excluding hydrogens is 371 g/mol. The number of aromatic nitrogens is 5. The molecule has 0 unspecified atom stereocenters. The third-order valence-electron chi connectivity index (χ3n) is 4.87. The van der Waals surface area contributed by atoms with E-state index in [1.54, 1.807) is 42.0 Å². The summed E-state index contributed by atoms with van der Waals surface area (Å²) < 4.78 is 15.2. The smallest absolute Gasteiger partial charge is 0.256 e. The first-order chi connectivity index (χ1) is 14.1. The maximum absolute atomic E-state index is 13.6. The minimum atomic E-state index is -0.364. The lowest BCUT2D eigenvalue weighted by Crippen LogP contribution is -2.25. The van der Waals surface area contributed by atoms with Crippen molar-refractivity contribution in [1.29, 1.82) is 0 Å². The Kier molecular flexibility index (Phi) is 4.04. The van der Waals surface area contributed by atoms with E-state index < -0.39 is 0 Å². The van der Waals surface area contributed by atoms with Crippen LogP contribution in [-0.4, -0.2) is 36.5 Å². The fraction of sp³-hybridized carbons (Fsp3) is 0.190. The van der Waals surface area contributed by atoms with Gasteiger partial charge < -0.3 is 5.32 Å². The second-order valence-corrected chi connectivity index (χ2v) is 7.05. The summed E-state index contributed by atoms with van der Waals surface area (Å²) in [5.74, 6) is -0.536. The number of hydrogen-bond donors (Lipinski definition) is 1. The van der Waals surface area contributed by atoms with E-state index in [9.17, 15) is 9.18 Å². The minimum Gasteiger partial charge on any atom is -0.349 e. The molecule has 29 heavy (non-hydrogen) atoms. The van der Waals surface area contributed by atoms with E-state index in [1.165, 1.54) is 12.3 Å². The number of aryl methyl sites for hydroxylation is 1. The number of halogens is 1. The molecule has 0 aromatic carbocycles. The lowest BCUT2D eigenvalue weighted by Gasteiger charge is -2.09. The molecule has 1 fully saturated rings. The highest BCUT2D eigenvalue weighted by Gasteiger charge is 2.25. The molecule has 1 N–H and O–H groups in total. The second kappa shape index (κ2) is 6.73. The van der Waals surface area contributed by atoms with E-state index in [2.05, 4.69) is 25.4 Å². The van der Waals surface area contributed by atoms with Crippen LogP contribution in [0.25, 0.3) is 28.3 Å². The molecule has 7 nitrogen and oxygen atoms in total. The van der Waals surface area contributed by atoms with Gasteiger partial charge in [0.1, 0.15) is 11.4 Å². The van der Waals surface area contributed by atoms with Crippen LogP contribution in [0.15, 0.2) is 48.9 Å². The Balaban J connectivity index is 1.60. The third kappa shape index (κ3) is 3.22. The van der Waals surface area contributed by atoms with Gasteiger partial charge in [0, 0.05) is 24.0 Å². The van der Waals surface area contributed by atoms with Crippen LogP contribution in [0.4, 0.5) is 4.39 Å². The predicted molar refractivity (Wildman–Crippen MR) is 105 cm³/mol.